The highest BCUT2D eigenvalue weighted by Crippen LogP contribution is 1.90. The van der Waals surface area contributed by atoms with Crippen LogP contribution in [0.15, 0.2) is 12.4 Å². The fourth-order valence-electron chi connectivity index (χ4n) is 0.433. The van der Waals surface area contributed by atoms with E-state index in [0.717, 1.165) is 17.1 Å². The van der Waals surface area contributed by atoms with Crippen LogP contribution in [0.1, 0.15) is 0 Å². The molecule has 0 bridgehead atoms. The molecule has 1 rings (SSSR count). The fourth-order valence-corrected chi connectivity index (χ4v) is 0.433. The van der Waals surface area contributed by atoms with Gasteiger partial charge in [-0.3, -0.25) is 5.41 Å². The van der Waals surface area contributed by atoms with Crippen LogP contribution < -0.4 is 5.73 Å². The van der Waals surface area contributed by atoms with Gasteiger partial charge in [-0.1, -0.05) is 0 Å². The molecule has 0 saturated carbocycles. The third kappa shape index (κ3) is 1.70. The molecule has 0 radical (unpaired) electrons. The van der Waals surface area contributed by atoms with Crippen molar-refractivity contribution in [3.63, 3.8) is 0 Å². The Labute approximate surface area is 62.7 Å². The van der Waals surface area contributed by atoms with Crippen LogP contribution in [0.25, 0.3) is 0 Å². The molecular formula is C4H6ClFN4. The molecule has 0 spiro atoms. The topological polar surface area (TPSA) is 67.7 Å². The van der Waals surface area contributed by atoms with E-state index in [2.05, 4.69) is 5.10 Å². The summed E-state index contributed by atoms with van der Waals surface area (Å²) < 4.78 is 13.0. The Bertz CT molecular complexity index is 233. The third-order valence-corrected chi connectivity index (χ3v) is 0.798. The lowest BCUT2D eigenvalue weighted by molar-refractivity contribution is 0.627. The molecule has 10 heavy (non-hydrogen) atoms. The number of aromatic nitrogens is 2. The van der Waals surface area contributed by atoms with Crippen LogP contribution >= 0.6 is 12.4 Å². The first kappa shape index (κ1) is 8.90. The zero-order valence-electron chi connectivity index (χ0n) is 4.91. The van der Waals surface area contributed by atoms with Gasteiger partial charge in [-0.2, -0.15) is 5.10 Å². The van der Waals surface area contributed by atoms with Gasteiger partial charge in [0.05, 0.1) is 12.4 Å². The Kier molecular flexibility index (Phi) is 2.82. The van der Waals surface area contributed by atoms with Gasteiger partial charge in [-0.25, -0.2) is 9.07 Å². The smallest absolute Gasteiger partial charge is 0.213 e. The molecule has 1 heterocycles. The van der Waals surface area contributed by atoms with Gasteiger partial charge in [0.25, 0.3) is 0 Å². The summed E-state index contributed by atoms with van der Waals surface area (Å²) in [4.78, 5) is 0. The van der Waals surface area contributed by atoms with Crippen molar-refractivity contribution < 1.29 is 4.39 Å². The van der Waals surface area contributed by atoms with Crippen molar-refractivity contribution in [1.82, 2.24) is 9.78 Å². The van der Waals surface area contributed by atoms with Crippen LogP contribution in [0.2, 0.25) is 0 Å². The molecule has 0 unspecified atom stereocenters. The molecule has 1 aromatic heterocycles. The maximum atomic E-state index is 12.1. The van der Waals surface area contributed by atoms with E-state index in [1.54, 1.807) is 0 Å². The Morgan fingerprint density at radius 3 is 2.60 bits per heavy atom. The van der Waals surface area contributed by atoms with E-state index in [0.29, 0.717) is 0 Å². The highest BCUT2D eigenvalue weighted by atomic mass is 35.5. The first-order valence-electron chi connectivity index (χ1n) is 2.25. The summed E-state index contributed by atoms with van der Waals surface area (Å²) in [6.07, 6.45) is 2.02. The average molecular weight is 165 g/mol. The van der Waals surface area contributed by atoms with Crippen LogP contribution in [0.5, 0.6) is 0 Å². The highest BCUT2D eigenvalue weighted by Gasteiger charge is 1.96. The fraction of sp³-hybridized carbons (Fsp3) is 0. The van der Waals surface area contributed by atoms with Crippen LogP contribution in [-0.4, -0.2) is 15.7 Å². The molecule has 3 N–H and O–H groups in total. The van der Waals surface area contributed by atoms with Gasteiger partial charge < -0.3 is 5.73 Å². The molecule has 0 fully saturated rings. The molecule has 0 amide bonds. The van der Waals surface area contributed by atoms with Crippen molar-refractivity contribution >= 4 is 18.4 Å². The maximum absolute atomic E-state index is 12.1. The normalized spacial score (nSPS) is 8.50. The van der Waals surface area contributed by atoms with Gasteiger partial charge in [0.1, 0.15) is 0 Å². The molecule has 0 saturated heterocycles. The summed E-state index contributed by atoms with van der Waals surface area (Å²) >= 11 is 0. The molecule has 4 nitrogen and oxygen atoms in total. The number of nitrogen functional groups attached to an aromatic ring is 1. The largest absolute Gasteiger partial charge is 0.368 e. The zero-order valence-corrected chi connectivity index (χ0v) is 5.73. The van der Waals surface area contributed by atoms with Crippen LogP contribution in [-0.2, 0) is 0 Å². The van der Waals surface area contributed by atoms with E-state index >= 15 is 0 Å². The van der Waals surface area contributed by atoms with Crippen molar-refractivity contribution in [2.45, 2.75) is 0 Å². The summed E-state index contributed by atoms with van der Waals surface area (Å²) in [5.41, 5.74) is 4.94. The van der Waals surface area contributed by atoms with Gasteiger partial charge in [0, 0.05) is 0 Å². The molecule has 0 aliphatic carbocycles. The first-order chi connectivity index (χ1) is 4.20. The van der Waals surface area contributed by atoms with Crippen molar-refractivity contribution in [2.75, 3.05) is 0 Å². The van der Waals surface area contributed by atoms with E-state index in [4.69, 9.17) is 11.1 Å². The second kappa shape index (κ2) is 3.17. The van der Waals surface area contributed by atoms with E-state index in [1.165, 1.54) is 0 Å². The summed E-state index contributed by atoms with van der Waals surface area (Å²) in [6, 6.07) is 0. The monoisotopic (exact) mass is 164 g/mol. The quantitative estimate of drug-likeness (QED) is 0.425. The molecular weight excluding hydrogens is 159 g/mol. The Hall–Kier alpha value is -1.10. The minimum absolute atomic E-state index is 0. The van der Waals surface area contributed by atoms with E-state index in [9.17, 15) is 4.39 Å². The number of rotatable bonds is 0. The molecule has 0 aliphatic rings. The SMILES string of the molecule is Cl.N=C(N)n1cc(F)cn1. The number of nitrogens with zero attached hydrogens (tertiary/aromatic N) is 2. The summed E-state index contributed by atoms with van der Waals surface area (Å²) in [7, 11) is 0. The van der Waals surface area contributed by atoms with Crippen molar-refractivity contribution in [1.29, 1.82) is 5.41 Å². The lowest BCUT2D eigenvalue weighted by atomic mass is 10.7. The van der Waals surface area contributed by atoms with Crippen LogP contribution in [0.3, 0.4) is 0 Å². The standard InChI is InChI=1S/C4H5FN4.ClH/c5-3-1-8-9(2-3)4(6)7;/h1-2H,(H3,6,7);1H. The van der Waals surface area contributed by atoms with Crippen molar-refractivity contribution in [3.05, 3.63) is 18.2 Å². The molecule has 6 heteroatoms. The Morgan fingerprint density at radius 2 is 2.40 bits per heavy atom. The van der Waals surface area contributed by atoms with Crippen LogP contribution in [0.4, 0.5) is 4.39 Å². The summed E-state index contributed by atoms with van der Waals surface area (Å²) in [5, 5.41) is 10.2. The van der Waals surface area contributed by atoms with Crippen LogP contribution in [0, 0.1) is 11.2 Å². The second-order valence-electron chi connectivity index (χ2n) is 1.49. The summed E-state index contributed by atoms with van der Waals surface area (Å²) in [6.45, 7) is 0. The molecule has 56 valence electrons. The predicted molar refractivity (Wildman–Crippen MR) is 36.7 cm³/mol. The predicted octanol–water partition coefficient (Wildman–Crippen LogP) is 0.186. The third-order valence-electron chi connectivity index (χ3n) is 0.798. The van der Waals surface area contributed by atoms with Crippen molar-refractivity contribution in [2.24, 2.45) is 5.73 Å². The zero-order chi connectivity index (χ0) is 6.85. The Morgan fingerprint density at radius 1 is 1.80 bits per heavy atom. The molecule has 0 aromatic carbocycles. The number of nitrogens with two attached hydrogens (primary N) is 1. The average Bonchev–Trinajstić information content (AvgIpc) is 2.14. The van der Waals surface area contributed by atoms with Gasteiger partial charge in [-0.15, -0.1) is 12.4 Å². The number of hydrogen-bond donors (Lipinski definition) is 2. The van der Waals surface area contributed by atoms with Gasteiger partial charge >= 0.3 is 0 Å². The molecule has 1 aromatic rings. The van der Waals surface area contributed by atoms with E-state index in [-0.39, 0.29) is 18.4 Å². The molecule has 0 aliphatic heterocycles. The second-order valence-corrected chi connectivity index (χ2v) is 1.49. The number of halogens is 2. The van der Waals surface area contributed by atoms with Gasteiger partial charge in [-0.05, 0) is 0 Å². The highest BCUT2D eigenvalue weighted by molar-refractivity contribution is 5.85. The molecule has 0 atom stereocenters. The lowest BCUT2D eigenvalue weighted by Gasteiger charge is -1.91. The van der Waals surface area contributed by atoms with Crippen molar-refractivity contribution in [3.8, 4) is 0 Å². The Balaban J connectivity index is 0.000000810. The number of nitrogens with one attached hydrogen (secondary N) is 1. The minimum Gasteiger partial charge on any atom is -0.368 e. The van der Waals surface area contributed by atoms with Gasteiger partial charge in [0.15, 0.2) is 5.82 Å². The summed E-state index contributed by atoms with van der Waals surface area (Å²) in [5.74, 6) is -0.788. The van der Waals surface area contributed by atoms with E-state index < -0.39 is 5.82 Å². The minimum atomic E-state index is -0.495. The van der Waals surface area contributed by atoms with Gasteiger partial charge in [0.2, 0.25) is 5.96 Å². The first-order valence-corrected chi connectivity index (χ1v) is 2.25. The number of hydrogen-bond acceptors (Lipinski definition) is 2. The van der Waals surface area contributed by atoms with E-state index in [1.807, 2.05) is 0 Å². The lowest BCUT2D eigenvalue weighted by Crippen LogP contribution is -2.20. The maximum Gasteiger partial charge on any atom is 0.213 e.